The number of nitrogens with two attached hydrogens (primary N) is 1. The van der Waals surface area contributed by atoms with Crippen LogP contribution in [0.1, 0.15) is 0 Å². The molecule has 4 N–H and O–H groups in total. The van der Waals surface area contributed by atoms with Gasteiger partial charge in [0.05, 0.1) is 0 Å². The van der Waals surface area contributed by atoms with Crippen molar-refractivity contribution in [2.75, 3.05) is 0 Å². The van der Waals surface area contributed by atoms with E-state index in [1.807, 2.05) is 0 Å². The van der Waals surface area contributed by atoms with Crippen LogP contribution in [0, 0.1) is 5.41 Å². The average molecular weight is 132 g/mol. The summed E-state index contributed by atoms with van der Waals surface area (Å²) in [6.07, 6.45) is 0.419. The Morgan fingerprint density at radius 1 is 1.78 bits per heavy atom. The summed E-state index contributed by atoms with van der Waals surface area (Å²) in [6.45, 7) is 0. The number of halogens is 1. The van der Waals surface area contributed by atoms with Crippen molar-refractivity contribution >= 4 is 11.9 Å². The van der Waals surface area contributed by atoms with E-state index in [4.69, 9.17) is 16.2 Å². The van der Waals surface area contributed by atoms with Gasteiger partial charge in [-0.2, -0.15) is 4.39 Å². The van der Waals surface area contributed by atoms with E-state index in [2.05, 4.69) is 0 Å². The molecule has 0 heterocycles. The van der Waals surface area contributed by atoms with Crippen molar-refractivity contribution in [3.63, 3.8) is 0 Å². The van der Waals surface area contributed by atoms with E-state index in [0.29, 0.717) is 6.08 Å². The lowest BCUT2D eigenvalue weighted by molar-refractivity contribution is -0.132. The first-order valence-electron chi connectivity index (χ1n) is 1.98. The molecule has 9 heavy (non-hydrogen) atoms. The van der Waals surface area contributed by atoms with E-state index >= 15 is 0 Å². The summed E-state index contributed by atoms with van der Waals surface area (Å²) in [6, 6.07) is 0. The van der Waals surface area contributed by atoms with Gasteiger partial charge in [0.25, 0.3) is 0 Å². The molecule has 0 saturated carbocycles. The van der Waals surface area contributed by atoms with Gasteiger partial charge in [0.15, 0.2) is 0 Å². The van der Waals surface area contributed by atoms with Gasteiger partial charge < -0.3 is 10.8 Å². The molecule has 4 nitrogen and oxygen atoms in total. The third-order valence-electron chi connectivity index (χ3n) is 0.529. The van der Waals surface area contributed by atoms with Gasteiger partial charge in [-0.3, -0.25) is 5.41 Å². The van der Waals surface area contributed by atoms with Gasteiger partial charge in [0.2, 0.25) is 5.97 Å². The zero-order valence-electron chi connectivity index (χ0n) is 4.39. The van der Waals surface area contributed by atoms with Gasteiger partial charge in [-0.25, -0.2) is 4.79 Å². The van der Waals surface area contributed by atoms with Crippen LogP contribution in [0.4, 0.5) is 4.39 Å². The molecule has 0 radical (unpaired) electrons. The highest BCUT2D eigenvalue weighted by molar-refractivity contribution is 5.95. The normalized spacial score (nSPS) is 11.0. The maximum absolute atomic E-state index is 11.5. The lowest BCUT2D eigenvalue weighted by atomic mass is 10.4. The number of aliphatic carboxylic acids is 1. The molecular formula is C4H5FN2O2. The first kappa shape index (κ1) is 7.61. The summed E-state index contributed by atoms with van der Waals surface area (Å²) in [5, 5.41) is 14.1. The van der Waals surface area contributed by atoms with Crippen molar-refractivity contribution in [1.29, 1.82) is 5.41 Å². The van der Waals surface area contributed by atoms with E-state index in [-0.39, 0.29) is 0 Å². The number of hydrogen-bond acceptors (Lipinski definition) is 3. The molecule has 0 unspecified atom stereocenters. The van der Waals surface area contributed by atoms with Crippen molar-refractivity contribution in [2.24, 2.45) is 5.73 Å². The molecular weight excluding hydrogens is 127 g/mol. The molecule has 0 amide bonds. The number of hydrogen-bond donors (Lipinski definition) is 3. The molecule has 0 fully saturated rings. The largest absolute Gasteiger partial charge is 0.477 e. The van der Waals surface area contributed by atoms with Crippen LogP contribution in [0.15, 0.2) is 11.8 Å². The maximum atomic E-state index is 11.5. The quantitative estimate of drug-likeness (QED) is 0.361. The van der Waals surface area contributed by atoms with Crippen molar-refractivity contribution in [2.45, 2.75) is 0 Å². The molecule has 0 aromatic carbocycles. The van der Waals surface area contributed by atoms with Gasteiger partial charge in [-0.1, -0.05) is 0 Å². The van der Waals surface area contributed by atoms with Crippen molar-refractivity contribution < 1.29 is 14.3 Å². The van der Waals surface area contributed by atoms with Crippen LogP contribution in [0.3, 0.4) is 0 Å². The molecule has 5 heteroatoms. The number of allylic oxidation sites excluding steroid dienone is 1. The lowest BCUT2D eigenvalue weighted by Gasteiger charge is -1.87. The fraction of sp³-hybridized carbons (Fsp3) is 0. The minimum absolute atomic E-state index is 0.419. The zero-order valence-corrected chi connectivity index (χ0v) is 4.39. The van der Waals surface area contributed by atoms with Crippen LogP contribution >= 0.6 is 0 Å². The highest BCUT2D eigenvalue weighted by atomic mass is 19.1. The van der Waals surface area contributed by atoms with Crippen molar-refractivity contribution in [3.05, 3.63) is 11.8 Å². The predicted octanol–water partition coefficient (Wildman–Crippen LogP) is -0.140. The molecule has 0 aliphatic rings. The number of rotatable bonds is 2. The van der Waals surface area contributed by atoms with E-state index in [9.17, 15) is 9.18 Å². The monoisotopic (exact) mass is 132 g/mol. The van der Waals surface area contributed by atoms with Gasteiger partial charge in [0.1, 0.15) is 5.70 Å². The summed E-state index contributed by atoms with van der Waals surface area (Å²) in [5.74, 6) is -2.80. The molecule has 0 spiro atoms. The van der Waals surface area contributed by atoms with E-state index < -0.39 is 17.6 Å². The van der Waals surface area contributed by atoms with Gasteiger partial charge in [-0.05, 0) is 0 Å². The van der Waals surface area contributed by atoms with E-state index in [1.165, 1.54) is 0 Å². The van der Waals surface area contributed by atoms with Crippen LogP contribution in [-0.2, 0) is 4.79 Å². The number of carboxylic acid groups (broad SMARTS) is 1. The fourth-order valence-electron chi connectivity index (χ4n) is 0.198. The highest BCUT2D eigenvalue weighted by Crippen LogP contribution is 1.85. The molecule has 0 saturated heterocycles. The number of nitrogens with one attached hydrogen (secondary N) is 1. The van der Waals surface area contributed by atoms with Crippen LogP contribution in [0.5, 0.6) is 0 Å². The van der Waals surface area contributed by atoms with Crippen LogP contribution in [0.2, 0.25) is 0 Å². The molecule has 0 aliphatic heterocycles. The zero-order chi connectivity index (χ0) is 7.44. The van der Waals surface area contributed by atoms with Gasteiger partial charge in [-0.15, -0.1) is 0 Å². The summed E-state index contributed by atoms with van der Waals surface area (Å²) in [4.78, 5) is 9.78. The van der Waals surface area contributed by atoms with Gasteiger partial charge in [0, 0.05) is 6.08 Å². The summed E-state index contributed by atoms with van der Waals surface area (Å²) in [7, 11) is 0. The van der Waals surface area contributed by atoms with Gasteiger partial charge >= 0.3 is 5.97 Å². The first-order chi connectivity index (χ1) is 4.04. The Labute approximate surface area is 50.3 Å². The van der Waals surface area contributed by atoms with E-state index in [1.54, 1.807) is 0 Å². The molecule has 0 aromatic rings. The number of carboxylic acids is 1. The SMILES string of the molecule is N=C(F)/C=C(\N)C(=O)O. The first-order valence-corrected chi connectivity index (χ1v) is 1.98. The second-order valence-corrected chi connectivity index (χ2v) is 1.25. The molecule has 0 aromatic heterocycles. The third kappa shape index (κ3) is 3.22. The van der Waals surface area contributed by atoms with Crippen LogP contribution < -0.4 is 5.73 Å². The Hall–Kier alpha value is -1.39. The minimum atomic E-state index is -1.43. The Balaban J connectivity index is 4.17. The average Bonchev–Trinajstić information content (AvgIpc) is 1.63. The standard InChI is InChI=1S/C4H5FN2O2/c5-3(7)1-2(6)4(8)9/h1,7H,6H2,(H,8,9)/b2-1-,7-3?. The Morgan fingerprint density at radius 2 is 2.22 bits per heavy atom. The van der Waals surface area contributed by atoms with Crippen LogP contribution in [0.25, 0.3) is 0 Å². The second kappa shape index (κ2) is 2.81. The number of carbonyl (C=O) groups is 1. The molecule has 0 bridgehead atoms. The third-order valence-corrected chi connectivity index (χ3v) is 0.529. The molecule has 0 rings (SSSR count). The summed E-state index contributed by atoms with van der Waals surface area (Å²) < 4.78 is 11.5. The Bertz CT molecular complexity index is 175. The van der Waals surface area contributed by atoms with Crippen LogP contribution in [-0.4, -0.2) is 17.0 Å². The van der Waals surface area contributed by atoms with Crippen molar-refractivity contribution in [3.8, 4) is 0 Å². The topological polar surface area (TPSA) is 87.2 Å². The Morgan fingerprint density at radius 3 is 2.33 bits per heavy atom. The maximum Gasteiger partial charge on any atom is 0.351 e. The summed E-state index contributed by atoms with van der Waals surface area (Å²) in [5.41, 5.74) is 4.02. The summed E-state index contributed by atoms with van der Waals surface area (Å²) >= 11 is 0. The fourth-order valence-corrected chi connectivity index (χ4v) is 0.198. The highest BCUT2D eigenvalue weighted by Gasteiger charge is 2.00. The smallest absolute Gasteiger partial charge is 0.351 e. The molecule has 50 valence electrons. The Kier molecular flexibility index (Phi) is 2.37. The lowest BCUT2D eigenvalue weighted by Crippen LogP contribution is -2.10. The second-order valence-electron chi connectivity index (χ2n) is 1.25. The van der Waals surface area contributed by atoms with E-state index in [0.717, 1.165) is 0 Å². The molecule has 0 atom stereocenters. The van der Waals surface area contributed by atoms with Crippen molar-refractivity contribution in [1.82, 2.24) is 0 Å². The molecule has 0 aliphatic carbocycles. The minimum Gasteiger partial charge on any atom is -0.477 e. The predicted molar refractivity (Wildman–Crippen MR) is 28.7 cm³/mol.